The molecule has 0 bridgehead atoms. The van der Waals surface area contributed by atoms with Gasteiger partial charge >= 0.3 is 6.03 Å². The number of carbonyl (C=O) groups excluding carboxylic acids is 2. The summed E-state index contributed by atoms with van der Waals surface area (Å²) in [5, 5.41) is 4.67. The number of fused-ring (bicyclic) bond motifs is 1. The molecule has 0 aromatic heterocycles. The molecule has 2 heterocycles. The molecule has 4 rings (SSSR count). The van der Waals surface area contributed by atoms with E-state index >= 15 is 0 Å². The van der Waals surface area contributed by atoms with Gasteiger partial charge in [-0.25, -0.2) is 13.2 Å². The molecular weight excluding hydrogens is 426 g/mol. The van der Waals surface area contributed by atoms with E-state index in [0.29, 0.717) is 30.4 Å². The number of rotatable bonds is 5. The zero-order chi connectivity index (χ0) is 22.2. The Bertz CT molecular complexity index is 1170. The Labute approximate surface area is 178 Å². The highest BCUT2D eigenvalue weighted by molar-refractivity contribution is 7.92. The lowest BCUT2D eigenvalue weighted by atomic mass is 9.91. The predicted molar refractivity (Wildman–Crippen MR) is 110 cm³/mol. The second-order valence-electron chi connectivity index (χ2n) is 7.21. The van der Waals surface area contributed by atoms with Crippen molar-refractivity contribution in [2.45, 2.75) is 23.8 Å². The fraction of sp³-hybridized carbons (Fsp3) is 0.300. The van der Waals surface area contributed by atoms with E-state index < -0.39 is 27.5 Å². The van der Waals surface area contributed by atoms with E-state index in [1.54, 1.807) is 18.2 Å². The molecule has 2 aliphatic rings. The van der Waals surface area contributed by atoms with Gasteiger partial charge < -0.3 is 19.5 Å². The van der Waals surface area contributed by atoms with Gasteiger partial charge in [0, 0.05) is 18.1 Å². The van der Waals surface area contributed by atoms with Gasteiger partial charge in [0.25, 0.3) is 15.9 Å². The summed E-state index contributed by atoms with van der Waals surface area (Å²) in [7, 11) is -2.64. The molecule has 10 nitrogen and oxygen atoms in total. The maximum Gasteiger partial charge on any atom is 0.322 e. The van der Waals surface area contributed by atoms with Gasteiger partial charge in [0.2, 0.25) is 0 Å². The molecule has 3 N–H and O–H groups in total. The summed E-state index contributed by atoms with van der Waals surface area (Å²) in [6.45, 7) is 2.46. The summed E-state index contributed by atoms with van der Waals surface area (Å²) < 4.78 is 45.0. The van der Waals surface area contributed by atoms with Crippen molar-refractivity contribution < 1.29 is 32.2 Å². The normalized spacial score (nSPS) is 20.5. The summed E-state index contributed by atoms with van der Waals surface area (Å²) in [5.41, 5.74) is -0.983. The molecule has 2 aliphatic heterocycles. The van der Waals surface area contributed by atoms with Crippen LogP contribution in [0.15, 0.2) is 41.3 Å². The van der Waals surface area contributed by atoms with Crippen molar-refractivity contribution >= 4 is 27.6 Å². The van der Waals surface area contributed by atoms with Crippen LogP contribution in [0.3, 0.4) is 0 Å². The number of urea groups is 1. The van der Waals surface area contributed by atoms with Crippen LogP contribution in [0.5, 0.6) is 17.2 Å². The standard InChI is InChI=1S/C20H21N3O7S/c1-20(18(24)21-19(25)22-20)14-11-13(5-7-15(14)28-2)31(26,27)23-12-4-6-16-17(10-12)30-9-3-8-29-16/h4-7,10-11,23H,3,8-9H2,1-2H3,(H2,21,22,24,25). The van der Waals surface area contributed by atoms with Crippen molar-refractivity contribution in [3.63, 3.8) is 0 Å². The van der Waals surface area contributed by atoms with E-state index in [9.17, 15) is 18.0 Å². The minimum Gasteiger partial charge on any atom is -0.496 e. The van der Waals surface area contributed by atoms with Crippen LogP contribution in [0.2, 0.25) is 0 Å². The number of amides is 3. The van der Waals surface area contributed by atoms with E-state index in [-0.39, 0.29) is 16.2 Å². The second-order valence-corrected chi connectivity index (χ2v) is 8.90. The van der Waals surface area contributed by atoms with Gasteiger partial charge in [-0.15, -0.1) is 0 Å². The molecule has 0 spiro atoms. The average Bonchev–Trinajstić information content (AvgIpc) is 2.88. The van der Waals surface area contributed by atoms with E-state index in [0.717, 1.165) is 6.42 Å². The van der Waals surface area contributed by atoms with Crippen LogP contribution < -0.4 is 29.6 Å². The first-order valence-corrected chi connectivity index (χ1v) is 11.0. The summed E-state index contributed by atoms with van der Waals surface area (Å²) in [6.07, 6.45) is 0.729. The molecule has 0 saturated carbocycles. The van der Waals surface area contributed by atoms with Crippen LogP contribution >= 0.6 is 0 Å². The monoisotopic (exact) mass is 447 g/mol. The fourth-order valence-corrected chi connectivity index (χ4v) is 4.49. The highest BCUT2D eigenvalue weighted by atomic mass is 32.2. The molecule has 164 valence electrons. The quantitative estimate of drug-likeness (QED) is 0.595. The minimum absolute atomic E-state index is 0.106. The van der Waals surface area contributed by atoms with Crippen LogP contribution in [0.4, 0.5) is 10.5 Å². The molecule has 1 unspecified atom stereocenters. The van der Waals surface area contributed by atoms with Crippen molar-refractivity contribution in [2.75, 3.05) is 25.0 Å². The predicted octanol–water partition coefficient (Wildman–Crippen LogP) is 1.71. The largest absolute Gasteiger partial charge is 0.496 e. The minimum atomic E-state index is -4.03. The number of carbonyl (C=O) groups is 2. The Morgan fingerprint density at radius 2 is 1.81 bits per heavy atom. The molecule has 1 atom stereocenters. The van der Waals surface area contributed by atoms with Crippen LogP contribution in [0.1, 0.15) is 18.9 Å². The molecule has 1 fully saturated rings. The number of nitrogens with one attached hydrogen (secondary N) is 3. The van der Waals surface area contributed by atoms with E-state index in [4.69, 9.17) is 14.2 Å². The number of methoxy groups -OCH3 is 1. The third kappa shape index (κ3) is 3.83. The lowest BCUT2D eigenvalue weighted by Gasteiger charge is -2.24. The highest BCUT2D eigenvalue weighted by Crippen LogP contribution is 2.36. The molecule has 0 aliphatic carbocycles. The third-order valence-corrected chi connectivity index (χ3v) is 6.44. The van der Waals surface area contributed by atoms with Crippen molar-refractivity contribution in [1.82, 2.24) is 10.6 Å². The van der Waals surface area contributed by atoms with Crippen LogP contribution in [0, 0.1) is 0 Å². The fourth-order valence-electron chi connectivity index (χ4n) is 3.42. The molecular formula is C20H21N3O7S. The van der Waals surface area contributed by atoms with Gasteiger partial charge in [0.15, 0.2) is 11.5 Å². The molecule has 2 aromatic carbocycles. The zero-order valence-corrected chi connectivity index (χ0v) is 17.7. The number of benzene rings is 2. The van der Waals surface area contributed by atoms with E-state index in [2.05, 4.69) is 15.4 Å². The molecule has 3 amide bonds. The first kappa shape index (κ1) is 20.8. The average molecular weight is 447 g/mol. The van der Waals surface area contributed by atoms with Gasteiger partial charge in [-0.1, -0.05) is 0 Å². The Morgan fingerprint density at radius 1 is 1.06 bits per heavy atom. The third-order valence-electron chi connectivity index (χ3n) is 5.06. The molecule has 11 heteroatoms. The van der Waals surface area contributed by atoms with Gasteiger partial charge in [0.05, 0.1) is 30.9 Å². The SMILES string of the molecule is COc1ccc(S(=O)(=O)Nc2ccc3c(c2)OCCCO3)cc1C1(C)NC(=O)NC1=O. The first-order chi connectivity index (χ1) is 14.7. The molecule has 1 saturated heterocycles. The topological polar surface area (TPSA) is 132 Å². The summed E-state index contributed by atoms with van der Waals surface area (Å²) in [5.74, 6) is 0.643. The maximum absolute atomic E-state index is 13.0. The molecule has 31 heavy (non-hydrogen) atoms. The Kier molecular flexibility index (Phi) is 5.13. The van der Waals surface area contributed by atoms with Gasteiger partial charge in [0.1, 0.15) is 11.3 Å². The first-order valence-electron chi connectivity index (χ1n) is 9.47. The Balaban J connectivity index is 1.68. The Hall–Kier alpha value is -3.47. The summed E-state index contributed by atoms with van der Waals surface area (Å²) >= 11 is 0. The Morgan fingerprint density at radius 3 is 2.48 bits per heavy atom. The van der Waals surface area contributed by atoms with Gasteiger partial charge in [-0.3, -0.25) is 14.8 Å². The number of ether oxygens (including phenoxy) is 3. The molecule has 2 aromatic rings. The zero-order valence-electron chi connectivity index (χ0n) is 16.9. The maximum atomic E-state index is 13.0. The van der Waals surface area contributed by atoms with E-state index in [1.165, 1.54) is 32.2 Å². The van der Waals surface area contributed by atoms with Gasteiger partial charge in [-0.2, -0.15) is 0 Å². The van der Waals surface area contributed by atoms with Crippen LogP contribution in [-0.4, -0.2) is 40.7 Å². The number of imide groups is 1. The van der Waals surface area contributed by atoms with Gasteiger partial charge in [-0.05, 0) is 37.3 Å². The van der Waals surface area contributed by atoms with Crippen molar-refractivity contribution in [3.05, 3.63) is 42.0 Å². The molecule has 0 radical (unpaired) electrons. The number of hydrogen-bond donors (Lipinski definition) is 3. The second kappa shape index (κ2) is 7.65. The lowest BCUT2D eigenvalue weighted by molar-refractivity contribution is -0.123. The smallest absolute Gasteiger partial charge is 0.322 e. The van der Waals surface area contributed by atoms with Crippen molar-refractivity contribution in [3.8, 4) is 17.2 Å². The lowest BCUT2D eigenvalue weighted by Crippen LogP contribution is -2.41. The van der Waals surface area contributed by atoms with E-state index in [1.807, 2.05) is 0 Å². The number of sulfonamides is 1. The van der Waals surface area contributed by atoms with Crippen LogP contribution in [-0.2, 0) is 20.4 Å². The number of anilines is 1. The number of hydrogen-bond acceptors (Lipinski definition) is 7. The summed E-state index contributed by atoms with van der Waals surface area (Å²) in [6, 6.07) is 8.17. The highest BCUT2D eigenvalue weighted by Gasteiger charge is 2.45. The van der Waals surface area contributed by atoms with Crippen molar-refractivity contribution in [1.29, 1.82) is 0 Å². The summed E-state index contributed by atoms with van der Waals surface area (Å²) in [4.78, 5) is 23.9. The van der Waals surface area contributed by atoms with Crippen molar-refractivity contribution in [2.24, 2.45) is 0 Å². The van der Waals surface area contributed by atoms with Crippen LogP contribution in [0.25, 0.3) is 0 Å².